The van der Waals surface area contributed by atoms with Crippen molar-refractivity contribution in [1.29, 1.82) is 0 Å². The molecule has 1 aromatic carbocycles. The zero-order valence-corrected chi connectivity index (χ0v) is 21.2. The molecule has 0 saturated carbocycles. The first-order chi connectivity index (χ1) is 17.5. The molecular formula is C24H39N7O6. The Balaban J connectivity index is 2.84. The maximum atomic E-state index is 13.0. The first-order valence-electron chi connectivity index (χ1n) is 12.1. The van der Waals surface area contributed by atoms with Crippen molar-refractivity contribution in [2.24, 2.45) is 28.1 Å². The summed E-state index contributed by atoms with van der Waals surface area (Å²) in [5.41, 5.74) is 17.0. The molecule has 0 aromatic heterocycles. The standard InChI is InChI=1S/C24H39N7O6/c1-3-14(2)19(22(35)29-17(23(36)37)12-15-8-5-4-6-9-15)31-21(34)18(13-32)30-20(33)16(25)10-7-11-28-24(26)27/h4-6,8-9,14,16-19,32H,3,7,10-13,25H2,1-2H3,(H,29,35)(H,30,33)(H,31,34)(H,36,37)(H4,26,27,28). The summed E-state index contributed by atoms with van der Waals surface area (Å²) in [7, 11) is 0. The van der Waals surface area contributed by atoms with Gasteiger partial charge in [-0.05, 0) is 24.3 Å². The molecule has 37 heavy (non-hydrogen) atoms. The second kappa shape index (κ2) is 16.1. The quantitative estimate of drug-likeness (QED) is 0.0694. The van der Waals surface area contributed by atoms with E-state index in [0.717, 1.165) is 5.56 Å². The molecule has 0 aliphatic rings. The number of carbonyl (C=O) groups is 4. The van der Waals surface area contributed by atoms with Crippen LogP contribution in [0.1, 0.15) is 38.7 Å². The molecule has 0 aliphatic carbocycles. The van der Waals surface area contributed by atoms with Crippen molar-refractivity contribution in [3.63, 3.8) is 0 Å². The minimum absolute atomic E-state index is 0.0550. The Hall–Kier alpha value is -3.71. The number of benzene rings is 1. The number of aliphatic hydroxyl groups excluding tert-OH is 1. The molecule has 206 valence electrons. The van der Waals surface area contributed by atoms with E-state index >= 15 is 0 Å². The molecular weight excluding hydrogens is 482 g/mol. The number of hydrogen-bond donors (Lipinski definition) is 8. The summed E-state index contributed by atoms with van der Waals surface area (Å²) in [5.74, 6) is -3.84. The molecule has 0 bridgehead atoms. The molecule has 0 heterocycles. The third-order valence-electron chi connectivity index (χ3n) is 5.81. The number of aliphatic imine (C=N–C) groups is 1. The summed E-state index contributed by atoms with van der Waals surface area (Å²) < 4.78 is 0. The van der Waals surface area contributed by atoms with Gasteiger partial charge in [0.1, 0.15) is 18.1 Å². The summed E-state index contributed by atoms with van der Waals surface area (Å²) in [6, 6.07) is 4.15. The number of carboxylic acids is 1. The number of nitrogens with one attached hydrogen (secondary N) is 3. The van der Waals surface area contributed by atoms with E-state index in [2.05, 4.69) is 20.9 Å². The molecule has 0 saturated heterocycles. The van der Waals surface area contributed by atoms with Crippen molar-refractivity contribution in [3.05, 3.63) is 35.9 Å². The van der Waals surface area contributed by atoms with Gasteiger partial charge in [-0.25, -0.2) is 4.79 Å². The summed E-state index contributed by atoms with van der Waals surface area (Å²) in [6.45, 7) is 3.07. The Bertz CT molecular complexity index is 923. The fraction of sp³-hybridized carbons (Fsp3) is 0.542. The van der Waals surface area contributed by atoms with Gasteiger partial charge in [0.15, 0.2) is 5.96 Å². The Morgan fingerprint density at radius 3 is 2.14 bits per heavy atom. The van der Waals surface area contributed by atoms with Gasteiger partial charge in [0.2, 0.25) is 17.7 Å². The molecule has 0 fully saturated rings. The predicted octanol–water partition coefficient (Wildman–Crippen LogP) is -1.81. The van der Waals surface area contributed by atoms with Crippen LogP contribution in [0.25, 0.3) is 0 Å². The topological polar surface area (TPSA) is 235 Å². The second-order valence-corrected chi connectivity index (χ2v) is 8.76. The maximum absolute atomic E-state index is 13.0. The monoisotopic (exact) mass is 521 g/mol. The molecule has 5 atom stereocenters. The van der Waals surface area contributed by atoms with E-state index in [1.807, 2.05) is 6.92 Å². The zero-order chi connectivity index (χ0) is 28.0. The molecule has 11 N–H and O–H groups in total. The third kappa shape index (κ3) is 11.3. The van der Waals surface area contributed by atoms with Gasteiger partial charge >= 0.3 is 5.97 Å². The third-order valence-corrected chi connectivity index (χ3v) is 5.81. The van der Waals surface area contributed by atoms with E-state index in [0.29, 0.717) is 12.8 Å². The first-order valence-corrected chi connectivity index (χ1v) is 12.1. The smallest absolute Gasteiger partial charge is 0.326 e. The van der Waals surface area contributed by atoms with Crippen LogP contribution in [0.3, 0.4) is 0 Å². The Kier molecular flexibility index (Phi) is 13.6. The van der Waals surface area contributed by atoms with Crippen molar-refractivity contribution in [2.45, 2.75) is 63.7 Å². The van der Waals surface area contributed by atoms with Gasteiger partial charge in [0.05, 0.1) is 12.6 Å². The normalized spacial score (nSPS) is 14.8. The number of aliphatic carboxylic acids is 1. The van der Waals surface area contributed by atoms with Gasteiger partial charge in [-0.1, -0.05) is 50.6 Å². The van der Waals surface area contributed by atoms with E-state index in [1.54, 1.807) is 37.3 Å². The van der Waals surface area contributed by atoms with Crippen LogP contribution in [-0.4, -0.2) is 77.2 Å². The van der Waals surface area contributed by atoms with Gasteiger partial charge in [-0.15, -0.1) is 0 Å². The number of aliphatic hydroxyl groups is 1. The van der Waals surface area contributed by atoms with Crippen LogP contribution < -0.4 is 33.2 Å². The summed E-state index contributed by atoms with van der Waals surface area (Å²) in [5, 5.41) is 26.7. The molecule has 13 heteroatoms. The second-order valence-electron chi connectivity index (χ2n) is 8.76. The number of amides is 3. The fourth-order valence-corrected chi connectivity index (χ4v) is 3.39. The summed E-state index contributed by atoms with van der Waals surface area (Å²) in [4.78, 5) is 53.8. The van der Waals surface area contributed by atoms with E-state index in [4.69, 9.17) is 17.2 Å². The number of hydrogen-bond acceptors (Lipinski definition) is 7. The largest absolute Gasteiger partial charge is 0.480 e. The lowest BCUT2D eigenvalue weighted by atomic mass is 9.97. The van der Waals surface area contributed by atoms with Crippen LogP contribution in [0.15, 0.2) is 35.3 Å². The molecule has 0 radical (unpaired) electrons. The van der Waals surface area contributed by atoms with Gasteiger partial charge < -0.3 is 43.4 Å². The highest BCUT2D eigenvalue weighted by Gasteiger charge is 2.32. The van der Waals surface area contributed by atoms with Crippen molar-refractivity contribution < 1.29 is 29.4 Å². The number of rotatable bonds is 16. The number of guanidine groups is 1. The van der Waals surface area contributed by atoms with Crippen LogP contribution in [0.4, 0.5) is 0 Å². The average Bonchev–Trinajstić information content (AvgIpc) is 2.87. The van der Waals surface area contributed by atoms with Gasteiger partial charge in [-0.2, -0.15) is 0 Å². The fourth-order valence-electron chi connectivity index (χ4n) is 3.39. The van der Waals surface area contributed by atoms with Crippen molar-refractivity contribution in [1.82, 2.24) is 16.0 Å². The maximum Gasteiger partial charge on any atom is 0.326 e. The Morgan fingerprint density at radius 2 is 1.59 bits per heavy atom. The number of nitrogens with zero attached hydrogens (tertiary/aromatic N) is 1. The van der Waals surface area contributed by atoms with Crippen LogP contribution in [0.2, 0.25) is 0 Å². The first kappa shape index (κ1) is 31.3. The lowest BCUT2D eigenvalue weighted by molar-refractivity contribution is -0.142. The number of nitrogens with two attached hydrogens (primary N) is 3. The van der Waals surface area contributed by atoms with Gasteiger partial charge in [0.25, 0.3) is 0 Å². The Morgan fingerprint density at radius 1 is 0.973 bits per heavy atom. The zero-order valence-electron chi connectivity index (χ0n) is 21.2. The molecule has 5 unspecified atom stereocenters. The van der Waals surface area contributed by atoms with E-state index in [1.165, 1.54) is 0 Å². The van der Waals surface area contributed by atoms with Crippen LogP contribution in [0.5, 0.6) is 0 Å². The van der Waals surface area contributed by atoms with Crippen LogP contribution in [0, 0.1) is 5.92 Å². The summed E-state index contributed by atoms with van der Waals surface area (Å²) >= 11 is 0. The highest BCUT2D eigenvalue weighted by molar-refractivity contribution is 5.94. The van der Waals surface area contributed by atoms with Crippen molar-refractivity contribution in [3.8, 4) is 0 Å². The highest BCUT2D eigenvalue weighted by Crippen LogP contribution is 2.10. The van der Waals surface area contributed by atoms with Crippen molar-refractivity contribution >= 4 is 29.7 Å². The molecule has 3 amide bonds. The average molecular weight is 522 g/mol. The highest BCUT2D eigenvalue weighted by atomic mass is 16.4. The van der Waals surface area contributed by atoms with Crippen LogP contribution >= 0.6 is 0 Å². The Labute approximate surface area is 216 Å². The molecule has 0 aliphatic heterocycles. The van der Waals surface area contributed by atoms with Gasteiger partial charge in [0, 0.05) is 13.0 Å². The van der Waals surface area contributed by atoms with E-state index < -0.39 is 54.5 Å². The summed E-state index contributed by atoms with van der Waals surface area (Å²) in [6.07, 6.45) is 1.20. The van der Waals surface area contributed by atoms with E-state index in [-0.39, 0.29) is 31.3 Å². The molecule has 1 aromatic rings. The minimum atomic E-state index is -1.37. The SMILES string of the molecule is CCC(C)C(NC(=O)C(CO)NC(=O)C(N)CCCN=C(N)N)C(=O)NC(Cc1ccccc1)C(=O)O. The lowest BCUT2D eigenvalue weighted by Gasteiger charge is -2.27. The van der Waals surface area contributed by atoms with Gasteiger partial charge in [-0.3, -0.25) is 19.4 Å². The molecule has 1 rings (SSSR count). The molecule has 13 nitrogen and oxygen atoms in total. The molecule has 0 spiro atoms. The minimum Gasteiger partial charge on any atom is -0.480 e. The lowest BCUT2D eigenvalue weighted by Crippen LogP contribution is -2.59. The number of carboxylic acid groups (broad SMARTS) is 1. The van der Waals surface area contributed by atoms with Crippen molar-refractivity contribution in [2.75, 3.05) is 13.2 Å². The van der Waals surface area contributed by atoms with E-state index in [9.17, 15) is 29.4 Å². The predicted molar refractivity (Wildman–Crippen MR) is 138 cm³/mol. The van der Waals surface area contributed by atoms with Crippen LogP contribution in [-0.2, 0) is 25.6 Å². The number of carbonyl (C=O) groups excluding carboxylic acids is 3.